The van der Waals surface area contributed by atoms with E-state index in [-0.39, 0.29) is 11.8 Å². The lowest BCUT2D eigenvalue weighted by molar-refractivity contribution is -0.122. The van der Waals surface area contributed by atoms with E-state index < -0.39 is 11.8 Å². The lowest BCUT2D eigenvalue weighted by atomic mass is 10.2. The molecule has 0 saturated heterocycles. The Hall–Kier alpha value is -2.55. The predicted molar refractivity (Wildman–Crippen MR) is 96.5 cm³/mol. The van der Waals surface area contributed by atoms with Crippen LogP contribution < -0.4 is 10.6 Å². The standard InChI is InChI=1S/C18H13Cl2N3O2/c19-13-5-3-6-14(20)16(13)23-18(25)12-8-11(12)17(24)22-15-7-2-1-4-10(15)9-21/h1-7,11-12H,8H2,(H,22,24)(H,23,25). The van der Waals surface area contributed by atoms with E-state index >= 15 is 0 Å². The number of para-hydroxylation sites is 2. The minimum atomic E-state index is -0.443. The van der Waals surface area contributed by atoms with E-state index in [2.05, 4.69) is 10.6 Å². The van der Waals surface area contributed by atoms with Crippen molar-refractivity contribution in [2.75, 3.05) is 10.6 Å². The molecule has 0 aromatic heterocycles. The van der Waals surface area contributed by atoms with Crippen molar-refractivity contribution in [2.45, 2.75) is 6.42 Å². The van der Waals surface area contributed by atoms with Gasteiger partial charge in [-0.1, -0.05) is 41.4 Å². The molecule has 2 N–H and O–H groups in total. The topological polar surface area (TPSA) is 82.0 Å². The van der Waals surface area contributed by atoms with Crippen LogP contribution in [-0.4, -0.2) is 11.8 Å². The minimum Gasteiger partial charge on any atom is -0.325 e. The number of nitrogens with zero attached hydrogens (tertiary/aromatic N) is 1. The largest absolute Gasteiger partial charge is 0.325 e. The third-order valence-electron chi connectivity index (χ3n) is 3.98. The molecule has 2 atom stereocenters. The summed E-state index contributed by atoms with van der Waals surface area (Å²) in [6.07, 6.45) is 0.439. The zero-order valence-electron chi connectivity index (χ0n) is 12.9. The summed E-state index contributed by atoms with van der Waals surface area (Å²) in [7, 11) is 0. The van der Waals surface area contributed by atoms with E-state index in [1.165, 1.54) is 0 Å². The Balaban J connectivity index is 1.63. The number of hydrogen-bond donors (Lipinski definition) is 2. The molecular weight excluding hydrogens is 361 g/mol. The Morgan fingerprint density at radius 3 is 2.20 bits per heavy atom. The Bertz CT molecular complexity index is 872. The van der Waals surface area contributed by atoms with Crippen LogP contribution in [0.1, 0.15) is 12.0 Å². The Labute approximate surface area is 154 Å². The predicted octanol–water partition coefficient (Wildman–Crippen LogP) is 4.08. The molecule has 2 amide bonds. The molecule has 0 heterocycles. The average Bonchev–Trinajstić information content (AvgIpc) is 3.39. The fraction of sp³-hybridized carbons (Fsp3) is 0.167. The maximum absolute atomic E-state index is 12.3. The number of nitrogens with one attached hydrogen (secondary N) is 2. The Morgan fingerprint density at radius 2 is 1.56 bits per heavy atom. The smallest absolute Gasteiger partial charge is 0.228 e. The van der Waals surface area contributed by atoms with Gasteiger partial charge in [0.15, 0.2) is 0 Å². The number of amides is 2. The summed E-state index contributed by atoms with van der Waals surface area (Å²) in [5.74, 6) is -1.47. The lowest BCUT2D eigenvalue weighted by Crippen LogP contribution is -2.21. The van der Waals surface area contributed by atoms with Crippen LogP contribution in [0.25, 0.3) is 0 Å². The molecule has 1 aliphatic rings. The van der Waals surface area contributed by atoms with Crippen molar-refractivity contribution >= 4 is 46.4 Å². The lowest BCUT2D eigenvalue weighted by Gasteiger charge is -2.09. The molecule has 0 radical (unpaired) electrons. The summed E-state index contributed by atoms with van der Waals surface area (Å²) >= 11 is 12.1. The van der Waals surface area contributed by atoms with Crippen LogP contribution in [0.2, 0.25) is 10.0 Å². The van der Waals surface area contributed by atoms with Crippen molar-refractivity contribution in [1.82, 2.24) is 0 Å². The van der Waals surface area contributed by atoms with Gasteiger partial charge in [0.25, 0.3) is 0 Å². The van der Waals surface area contributed by atoms with Gasteiger partial charge in [-0.3, -0.25) is 9.59 Å². The molecule has 5 nitrogen and oxygen atoms in total. The van der Waals surface area contributed by atoms with Crippen LogP contribution in [0.4, 0.5) is 11.4 Å². The van der Waals surface area contributed by atoms with Gasteiger partial charge in [0.2, 0.25) is 11.8 Å². The average molecular weight is 374 g/mol. The quantitative estimate of drug-likeness (QED) is 0.846. The molecule has 2 aromatic rings. The van der Waals surface area contributed by atoms with Crippen molar-refractivity contribution < 1.29 is 9.59 Å². The summed E-state index contributed by atoms with van der Waals surface area (Å²) < 4.78 is 0. The second-order valence-corrected chi connectivity index (χ2v) is 6.50. The van der Waals surface area contributed by atoms with E-state index in [1.807, 2.05) is 6.07 Å². The minimum absolute atomic E-state index is 0.284. The number of benzene rings is 2. The van der Waals surface area contributed by atoms with Gasteiger partial charge >= 0.3 is 0 Å². The highest BCUT2D eigenvalue weighted by Gasteiger charge is 2.48. The van der Waals surface area contributed by atoms with Crippen molar-refractivity contribution in [3.8, 4) is 6.07 Å². The molecule has 1 fully saturated rings. The number of carbonyl (C=O) groups excluding carboxylic acids is 2. The van der Waals surface area contributed by atoms with E-state index in [0.29, 0.717) is 33.4 Å². The monoisotopic (exact) mass is 373 g/mol. The Kier molecular flexibility index (Phi) is 4.93. The van der Waals surface area contributed by atoms with Gasteiger partial charge in [-0.2, -0.15) is 5.26 Å². The summed E-state index contributed by atoms with van der Waals surface area (Å²) in [6, 6.07) is 13.7. The highest BCUT2D eigenvalue weighted by atomic mass is 35.5. The first kappa shape index (κ1) is 17.3. The molecule has 2 unspecified atom stereocenters. The van der Waals surface area contributed by atoms with E-state index in [4.69, 9.17) is 28.5 Å². The molecule has 126 valence electrons. The van der Waals surface area contributed by atoms with Crippen LogP contribution in [0.3, 0.4) is 0 Å². The molecule has 1 saturated carbocycles. The first-order valence-electron chi connectivity index (χ1n) is 7.56. The fourth-order valence-electron chi connectivity index (χ4n) is 2.52. The van der Waals surface area contributed by atoms with Crippen molar-refractivity contribution in [2.24, 2.45) is 11.8 Å². The summed E-state index contributed by atoms with van der Waals surface area (Å²) in [5.41, 5.74) is 1.16. The first-order valence-corrected chi connectivity index (χ1v) is 8.31. The molecule has 1 aliphatic carbocycles. The van der Waals surface area contributed by atoms with Crippen LogP contribution in [0.5, 0.6) is 0 Å². The van der Waals surface area contributed by atoms with Gasteiger partial charge in [0.1, 0.15) is 6.07 Å². The van der Waals surface area contributed by atoms with Crippen LogP contribution in [0.15, 0.2) is 42.5 Å². The van der Waals surface area contributed by atoms with Gasteiger partial charge in [-0.15, -0.1) is 0 Å². The van der Waals surface area contributed by atoms with Gasteiger partial charge in [-0.05, 0) is 30.7 Å². The second-order valence-electron chi connectivity index (χ2n) is 5.68. The maximum Gasteiger partial charge on any atom is 0.228 e. The van der Waals surface area contributed by atoms with Crippen molar-refractivity contribution in [3.63, 3.8) is 0 Å². The summed E-state index contributed by atoms with van der Waals surface area (Å²) in [5, 5.41) is 15.1. The maximum atomic E-state index is 12.3. The molecule has 0 bridgehead atoms. The number of anilines is 2. The van der Waals surface area contributed by atoms with Gasteiger partial charge in [0, 0.05) is 0 Å². The van der Waals surface area contributed by atoms with E-state index in [9.17, 15) is 9.59 Å². The molecule has 2 aromatic carbocycles. The van der Waals surface area contributed by atoms with E-state index in [1.54, 1.807) is 42.5 Å². The fourth-order valence-corrected chi connectivity index (χ4v) is 3.01. The normalized spacial score (nSPS) is 18.1. The molecule has 0 spiro atoms. The molecular formula is C18H13Cl2N3O2. The van der Waals surface area contributed by atoms with Crippen LogP contribution in [0, 0.1) is 23.2 Å². The van der Waals surface area contributed by atoms with Crippen molar-refractivity contribution in [1.29, 1.82) is 5.26 Å². The third kappa shape index (κ3) is 3.76. The number of nitriles is 1. The molecule has 25 heavy (non-hydrogen) atoms. The number of carbonyl (C=O) groups is 2. The zero-order chi connectivity index (χ0) is 18.0. The van der Waals surface area contributed by atoms with Crippen LogP contribution >= 0.6 is 23.2 Å². The molecule has 3 rings (SSSR count). The molecule has 0 aliphatic heterocycles. The van der Waals surface area contributed by atoms with E-state index in [0.717, 1.165) is 0 Å². The number of rotatable bonds is 4. The van der Waals surface area contributed by atoms with Gasteiger partial charge in [-0.25, -0.2) is 0 Å². The van der Waals surface area contributed by atoms with Gasteiger partial charge < -0.3 is 10.6 Å². The van der Waals surface area contributed by atoms with Crippen LogP contribution in [-0.2, 0) is 9.59 Å². The molecule has 7 heteroatoms. The van der Waals surface area contributed by atoms with Crippen molar-refractivity contribution in [3.05, 3.63) is 58.1 Å². The zero-order valence-corrected chi connectivity index (χ0v) is 14.4. The second kappa shape index (κ2) is 7.14. The van der Waals surface area contributed by atoms with Gasteiger partial charge in [0.05, 0.1) is 38.8 Å². The SMILES string of the molecule is N#Cc1ccccc1NC(=O)C1CC1C(=O)Nc1c(Cl)cccc1Cl. The highest BCUT2D eigenvalue weighted by Crippen LogP contribution is 2.41. The number of hydrogen-bond acceptors (Lipinski definition) is 3. The summed E-state index contributed by atoms with van der Waals surface area (Å²) in [4.78, 5) is 24.6. The number of halogens is 2. The third-order valence-corrected chi connectivity index (χ3v) is 4.61. The summed E-state index contributed by atoms with van der Waals surface area (Å²) in [6.45, 7) is 0. The highest BCUT2D eigenvalue weighted by molar-refractivity contribution is 6.39. The Morgan fingerprint density at radius 1 is 0.960 bits per heavy atom. The first-order chi connectivity index (χ1) is 12.0.